The molecule has 0 atom stereocenters. The Morgan fingerprint density at radius 3 is 2.84 bits per heavy atom. The van der Waals surface area contributed by atoms with E-state index in [-0.39, 0.29) is 0 Å². The van der Waals surface area contributed by atoms with Gasteiger partial charge in [0.2, 0.25) is 0 Å². The number of nitrogens with one attached hydrogen (secondary N) is 1. The van der Waals surface area contributed by atoms with E-state index in [9.17, 15) is 0 Å². The summed E-state index contributed by atoms with van der Waals surface area (Å²) in [5, 5.41) is 1.23. The Bertz CT molecular complexity index is 718. The average molecular weight is 316 g/mol. The van der Waals surface area contributed by atoms with E-state index < -0.39 is 0 Å². The maximum Gasteiger partial charge on any atom is 0.128 e. The summed E-state index contributed by atoms with van der Waals surface area (Å²) >= 11 is 3.44. The molecule has 1 aromatic heterocycles. The lowest BCUT2D eigenvalue weighted by Crippen LogP contribution is -1.95. The fourth-order valence-corrected chi connectivity index (χ4v) is 2.49. The first-order valence-electron chi connectivity index (χ1n) is 6.17. The van der Waals surface area contributed by atoms with Gasteiger partial charge >= 0.3 is 0 Å². The summed E-state index contributed by atoms with van der Waals surface area (Å²) in [6.07, 6.45) is 0. The van der Waals surface area contributed by atoms with E-state index in [1.165, 1.54) is 10.9 Å². The fraction of sp³-hybridized carbons (Fsp3) is 0.125. The summed E-state index contributed by atoms with van der Waals surface area (Å²) in [6, 6.07) is 16.4. The molecule has 0 spiro atoms. The van der Waals surface area contributed by atoms with Crippen LogP contribution in [-0.4, -0.2) is 4.98 Å². The number of hydrogen-bond acceptors (Lipinski definition) is 1. The number of aromatic nitrogens is 1. The normalized spacial score (nSPS) is 10.8. The van der Waals surface area contributed by atoms with E-state index >= 15 is 0 Å². The number of halogens is 1. The van der Waals surface area contributed by atoms with Gasteiger partial charge in [0, 0.05) is 15.4 Å². The van der Waals surface area contributed by atoms with Crippen LogP contribution in [0.5, 0.6) is 5.75 Å². The van der Waals surface area contributed by atoms with Crippen molar-refractivity contribution in [3.63, 3.8) is 0 Å². The molecule has 0 aliphatic heterocycles. The van der Waals surface area contributed by atoms with Crippen LogP contribution in [0.4, 0.5) is 0 Å². The molecule has 19 heavy (non-hydrogen) atoms. The van der Waals surface area contributed by atoms with Gasteiger partial charge in [-0.1, -0.05) is 33.6 Å². The Morgan fingerprint density at radius 1 is 1.11 bits per heavy atom. The minimum Gasteiger partial charge on any atom is -0.487 e. The van der Waals surface area contributed by atoms with Crippen LogP contribution in [0.2, 0.25) is 0 Å². The zero-order chi connectivity index (χ0) is 13.2. The van der Waals surface area contributed by atoms with Gasteiger partial charge in [0.05, 0.1) is 5.69 Å². The van der Waals surface area contributed by atoms with Crippen LogP contribution in [0.25, 0.3) is 10.9 Å². The molecule has 0 saturated heterocycles. The monoisotopic (exact) mass is 315 g/mol. The highest BCUT2D eigenvalue weighted by Gasteiger charge is 2.02. The summed E-state index contributed by atoms with van der Waals surface area (Å²) < 4.78 is 6.80. The SMILES string of the molecule is Cc1ccc2[nH]c(COc3cccc(Br)c3)cc2c1. The van der Waals surface area contributed by atoms with E-state index in [4.69, 9.17) is 4.74 Å². The molecule has 3 aromatic rings. The minimum atomic E-state index is 0.546. The first-order valence-corrected chi connectivity index (χ1v) is 6.97. The molecular weight excluding hydrogens is 302 g/mol. The molecule has 2 aromatic carbocycles. The number of aromatic amines is 1. The van der Waals surface area contributed by atoms with Gasteiger partial charge in [-0.25, -0.2) is 0 Å². The molecule has 0 bridgehead atoms. The third-order valence-corrected chi connectivity index (χ3v) is 3.52. The van der Waals surface area contributed by atoms with Crippen LogP contribution < -0.4 is 4.74 Å². The zero-order valence-corrected chi connectivity index (χ0v) is 12.2. The smallest absolute Gasteiger partial charge is 0.128 e. The van der Waals surface area contributed by atoms with Crippen LogP contribution in [0.15, 0.2) is 53.0 Å². The molecule has 1 heterocycles. The minimum absolute atomic E-state index is 0.546. The Morgan fingerprint density at radius 2 is 2.00 bits per heavy atom. The van der Waals surface area contributed by atoms with Crippen molar-refractivity contribution < 1.29 is 4.74 Å². The molecular formula is C16H14BrNO. The van der Waals surface area contributed by atoms with Crippen molar-refractivity contribution in [2.45, 2.75) is 13.5 Å². The van der Waals surface area contributed by atoms with E-state index in [2.05, 4.69) is 52.1 Å². The summed E-state index contributed by atoms with van der Waals surface area (Å²) in [6.45, 7) is 2.65. The summed E-state index contributed by atoms with van der Waals surface area (Å²) in [7, 11) is 0. The van der Waals surface area contributed by atoms with Crippen molar-refractivity contribution in [1.29, 1.82) is 0 Å². The average Bonchev–Trinajstić information content (AvgIpc) is 2.78. The van der Waals surface area contributed by atoms with Gasteiger partial charge in [-0.3, -0.25) is 0 Å². The number of rotatable bonds is 3. The second-order valence-corrected chi connectivity index (χ2v) is 5.55. The predicted octanol–water partition coefficient (Wildman–Crippen LogP) is 4.82. The third-order valence-electron chi connectivity index (χ3n) is 3.02. The number of H-pyrrole nitrogens is 1. The van der Waals surface area contributed by atoms with Gasteiger partial charge in [-0.05, 0) is 43.3 Å². The maximum absolute atomic E-state index is 5.77. The van der Waals surface area contributed by atoms with Gasteiger partial charge in [0.1, 0.15) is 12.4 Å². The van der Waals surface area contributed by atoms with E-state index in [1.54, 1.807) is 0 Å². The van der Waals surface area contributed by atoms with Crippen LogP contribution in [0.3, 0.4) is 0 Å². The van der Waals surface area contributed by atoms with Gasteiger partial charge in [0.25, 0.3) is 0 Å². The molecule has 0 unspecified atom stereocenters. The Labute approximate surface area is 120 Å². The van der Waals surface area contributed by atoms with Crippen LogP contribution >= 0.6 is 15.9 Å². The van der Waals surface area contributed by atoms with Crippen molar-refractivity contribution >= 4 is 26.8 Å². The van der Waals surface area contributed by atoms with Crippen molar-refractivity contribution in [2.75, 3.05) is 0 Å². The first kappa shape index (κ1) is 12.3. The molecule has 2 nitrogen and oxygen atoms in total. The second kappa shape index (κ2) is 5.10. The van der Waals surface area contributed by atoms with E-state index in [0.29, 0.717) is 6.61 Å². The number of fused-ring (bicyclic) bond motifs is 1. The molecule has 0 amide bonds. The number of benzene rings is 2. The maximum atomic E-state index is 5.77. The van der Waals surface area contributed by atoms with Gasteiger partial charge in [-0.15, -0.1) is 0 Å². The second-order valence-electron chi connectivity index (χ2n) is 4.63. The van der Waals surface area contributed by atoms with E-state index in [0.717, 1.165) is 21.4 Å². The van der Waals surface area contributed by atoms with Gasteiger partial charge in [0.15, 0.2) is 0 Å². The van der Waals surface area contributed by atoms with Crippen molar-refractivity contribution in [2.24, 2.45) is 0 Å². The molecule has 0 radical (unpaired) electrons. The quantitative estimate of drug-likeness (QED) is 0.736. The number of aryl methyl sites for hydroxylation is 1. The summed E-state index contributed by atoms with van der Waals surface area (Å²) in [5.74, 6) is 0.865. The Kier molecular flexibility index (Phi) is 3.30. The molecule has 0 fully saturated rings. The molecule has 1 N–H and O–H groups in total. The number of ether oxygens (including phenoxy) is 1. The highest BCUT2D eigenvalue weighted by molar-refractivity contribution is 9.10. The fourth-order valence-electron chi connectivity index (χ4n) is 2.11. The molecule has 96 valence electrons. The highest BCUT2D eigenvalue weighted by Crippen LogP contribution is 2.21. The largest absolute Gasteiger partial charge is 0.487 e. The van der Waals surface area contributed by atoms with Gasteiger partial charge < -0.3 is 9.72 Å². The van der Waals surface area contributed by atoms with Crippen molar-refractivity contribution in [1.82, 2.24) is 4.98 Å². The lowest BCUT2D eigenvalue weighted by Gasteiger charge is -2.04. The molecule has 3 heteroatoms. The molecule has 0 saturated carbocycles. The zero-order valence-electron chi connectivity index (χ0n) is 10.6. The lowest BCUT2D eigenvalue weighted by atomic mass is 10.2. The summed E-state index contributed by atoms with van der Waals surface area (Å²) in [4.78, 5) is 3.37. The van der Waals surface area contributed by atoms with Crippen LogP contribution in [0.1, 0.15) is 11.3 Å². The van der Waals surface area contributed by atoms with Crippen molar-refractivity contribution in [3.05, 3.63) is 64.3 Å². The lowest BCUT2D eigenvalue weighted by molar-refractivity contribution is 0.302. The number of hydrogen-bond donors (Lipinski definition) is 1. The van der Waals surface area contributed by atoms with E-state index in [1.807, 2.05) is 24.3 Å². The molecule has 3 rings (SSSR count). The highest BCUT2D eigenvalue weighted by atomic mass is 79.9. The Balaban J connectivity index is 1.78. The summed E-state index contributed by atoms with van der Waals surface area (Å²) in [5.41, 5.74) is 3.50. The van der Waals surface area contributed by atoms with Crippen LogP contribution in [-0.2, 0) is 6.61 Å². The van der Waals surface area contributed by atoms with Gasteiger partial charge in [-0.2, -0.15) is 0 Å². The topological polar surface area (TPSA) is 25.0 Å². The Hall–Kier alpha value is -1.74. The predicted molar refractivity (Wildman–Crippen MR) is 81.5 cm³/mol. The first-order chi connectivity index (χ1) is 9.20. The standard InChI is InChI=1S/C16H14BrNO/c1-11-5-6-16-12(7-11)8-14(18-16)10-19-15-4-2-3-13(17)9-15/h2-9,18H,10H2,1H3. The van der Waals surface area contributed by atoms with Crippen molar-refractivity contribution in [3.8, 4) is 5.75 Å². The third kappa shape index (κ3) is 2.82. The van der Waals surface area contributed by atoms with Crippen LogP contribution in [0, 0.1) is 6.92 Å². The molecule has 0 aliphatic rings. The molecule has 0 aliphatic carbocycles.